The number of hydrogen-bond donors (Lipinski definition) is 1. The van der Waals surface area contributed by atoms with Crippen molar-refractivity contribution in [2.45, 2.75) is 51.5 Å². The second-order valence-electron chi connectivity index (χ2n) is 6.55. The van der Waals surface area contributed by atoms with E-state index in [1.54, 1.807) is 0 Å². The molecule has 0 bridgehead atoms. The van der Waals surface area contributed by atoms with Gasteiger partial charge in [-0.1, -0.05) is 35.0 Å². The smallest absolute Gasteiger partial charge is 0.0175 e. The molecule has 1 aromatic rings. The summed E-state index contributed by atoms with van der Waals surface area (Å²) in [7, 11) is 0. The van der Waals surface area contributed by atoms with Crippen LogP contribution < -0.4 is 5.32 Å². The fourth-order valence-corrected chi connectivity index (χ4v) is 3.11. The highest BCUT2D eigenvalue weighted by atomic mass is 79.9. The van der Waals surface area contributed by atoms with E-state index in [2.05, 4.69) is 73.2 Å². The van der Waals surface area contributed by atoms with Crippen molar-refractivity contribution in [2.75, 3.05) is 6.54 Å². The van der Waals surface area contributed by atoms with Gasteiger partial charge in [0.05, 0.1) is 0 Å². The molecule has 18 heavy (non-hydrogen) atoms. The maximum absolute atomic E-state index is 3.64. The second-order valence-corrected chi connectivity index (χ2v) is 7.46. The third-order valence-electron chi connectivity index (χ3n) is 4.16. The molecular weight excluding hydrogens is 286 g/mol. The third kappa shape index (κ3) is 2.97. The van der Waals surface area contributed by atoms with Crippen LogP contribution in [0.5, 0.6) is 0 Å². The summed E-state index contributed by atoms with van der Waals surface area (Å²) >= 11 is 3.51. The molecule has 2 heteroatoms. The van der Waals surface area contributed by atoms with Gasteiger partial charge in [0.15, 0.2) is 0 Å². The maximum atomic E-state index is 3.64. The molecule has 2 unspecified atom stereocenters. The molecule has 1 saturated carbocycles. The van der Waals surface area contributed by atoms with Gasteiger partial charge in [-0.15, -0.1) is 0 Å². The van der Waals surface area contributed by atoms with Gasteiger partial charge in [0.1, 0.15) is 0 Å². The van der Waals surface area contributed by atoms with Crippen molar-refractivity contribution in [3.63, 3.8) is 0 Å². The highest BCUT2D eigenvalue weighted by molar-refractivity contribution is 9.10. The van der Waals surface area contributed by atoms with Crippen LogP contribution in [0, 0.1) is 5.92 Å². The Balaban J connectivity index is 2.04. The SMILES string of the molecule is CCC1(c2ccc(Br)cc2)CC1CNC(C)(C)C. The molecule has 0 saturated heterocycles. The van der Waals surface area contributed by atoms with Gasteiger partial charge in [0, 0.05) is 10.0 Å². The molecule has 100 valence electrons. The minimum Gasteiger partial charge on any atom is -0.312 e. The van der Waals surface area contributed by atoms with E-state index in [1.165, 1.54) is 22.9 Å². The molecule has 0 radical (unpaired) electrons. The minimum atomic E-state index is 0.224. The summed E-state index contributed by atoms with van der Waals surface area (Å²) in [5.41, 5.74) is 2.16. The van der Waals surface area contributed by atoms with Crippen molar-refractivity contribution in [3.05, 3.63) is 34.3 Å². The summed E-state index contributed by atoms with van der Waals surface area (Å²) < 4.78 is 1.17. The minimum absolute atomic E-state index is 0.224. The largest absolute Gasteiger partial charge is 0.312 e. The number of halogens is 1. The number of benzene rings is 1. The molecule has 2 atom stereocenters. The van der Waals surface area contributed by atoms with Gasteiger partial charge in [-0.2, -0.15) is 0 Å². The van der Waals surface area contributed by atoms with E-state index in [4.69, 9.17) is 0 Å². The van der Waals surface area contributed by atoms with Crippen LogP contribution in [-0.2, 0) is 5.41 Å². The van der Waals surface area contributed by atoms with Crippen molar-refractivity contribution < 1.29 is 0 Å². The van der Waals surface area contributed by atoms with Crippen LogP contribution in [0.3, 0.4) is 0 Å². The van der Waals surface area contributed by atoms with Crippen LogP contribution in [0.25, 0.3) is 0 Å². The number of rotatable bonds is 4. The van der Waals surface area contributed by atoms with Crippen LogP contribution in [-0.4, -0.2) is 12.1 Å². The van der Waals surface area contributed by atoms with Crippen molar-refractivity contribution in [2.24, 2.45) is 5.92 Å². The van der Waals surface area contributed by atoms with E-state index in [-0.39, 0.29) is 5.54 Å². The maximum Gasteiger partial charge on any atom is 0.0175 e. The Hall–Kier alpha value is -0.340. The lowest BCUT2D eigenvalue weighted by molar-refractivity contribution is 0.401. The summed E-state index contributed by atoms with van der Waals surface area (Å²) in [6.07, 6.45) is 2.57. The van der Waals surface area contributed by atoms with Gasteiger partial charge in [-0.3, -0.25) is 0 Å². The molecule has 1 aromatic carbocycles. The molecule has 1 aliphatic carbocycles. The summed E-state index contributed by atoms with van der Waals surface area (Å²) in [5.74, 6) is 0.794. The zero-order chi connectivity index (χ0) is 13.4. The van der Waals surface area contributed by atoms with E-state index in [1.807, 2.05) is 0 Å². The van der Waals surface area contributed by atoms with Crippen molar-refractivity contribution in [3.8, 4) is 0 Å². The first-order chi connectivity index (χ1) is 8.37. The Morgan fingerprint density at radius 1 is 1.28 bits per heavy atom. The van der Waals surface area contributed by atoms with Crippen LogP contribution in [0.2, 0.25) is 0 Å². The molecule has 0 heterocycles. The third-order valence-corrected chi connectivity index (χ3v) is 4.69. The first kappa shape index (κ1) is 14.1. The highest BCUT2D eigenvalue weighted by Gasteiger charge is 2.53. The van der Waals surface area contributed by atoms with E-state index >= 15 is 0 Å². The molecule has 0 amide bonds. The Bertz CT molecular complexity index is 404. The van der Waals surface area contributed by atoms with Crippen LogP contribution in [0.15, 0.2) is 28.7 Å². The monoisotopic (exact) mass is 309 g/mol. The number of hydrogen-bond acceptors (Lipinski definition) is 1. The van der Waals surface area contributed by atoms with Crippen LogP contribution >= 0.6 is 15.9 Å². The van der Waals surface area contributed by atoms with Gasteiger partial charge < -0.3 is 5.32 Å². The van der Waals surface area contributed by atoms with E-state index in [9.17, 15) is 0 Å². The van der Waals surface area contributed by atoms with Gasteiger partial charge >= 0.3 is 0 Å². The molecule has 2 rings (SSSR count). The summed E-state index contributed by atoms with van der Waals surface area (Å²) in [4.78, 5) is 0. The van der Waals surface area contributed by atoms with Gasteiger partial charge in [-0.25, -0.2) is 0 Å². The highest BCUT2D eigenvalue weighted by Crippen LogP contribution is 2.56. The lowest BCUT2D eigenvalue weighted by Gasteiger charge is -2.22. The second kappa shape index (κ2) is 4.97. The van der Waals surface area contributed by atoms with Gasteiger partial charge in [0.2, 0.25) is 0 Å². The van der Waals surface area contributed by atoms with Crippen molar-refractivity contribution in [1.29, 1.82) is 0 Å². The van der Waals surface area contributed by atoms with E-state index < -0.39 is 0 Å². The standard InChI is InChI=1S/C16H24BrN/c1-5-16(12-6-8-14(17)9-7-12)10-13(16)11-18-15(2,3)4/h6-9,13,18H,5,10-11H2,1-4H3. The Morgan fingerprint density at radius 2 is 1.89 bits per heavy atom. The van der Waals surface area contributed by atoms with E-state index in [0.717, 1.165) is 12.5 Å². The Kier molecular flexibility index (Phi) is 3.89. The molecule has 1 nitrogen and oxygen atoms in total. The zero-order valence-electron chi connectivity index (χ0n) is 11.9. The molecule has 0 aliphatic heterocycles. The quantitative estimate of drug-likeness (QED) is 0.863. The van der Waals surface area contributed by atoms with Gasteiger partial charge in [-0.05, 0) is 69.2 Å². The fraction of sp³-hybridized carbons (Fsp3) is 0.625. The lowest BCUT2D eigenvalue weighted by Crippen LogP contribution is -2.38. The predicted molar refractivity (Wildman–Crippen MR) is 82.0 cm³/mol. The first-order valence-corrected chi connectivity index (χ1v) is 7.68. The van der Waals surface area contributed by atoms with Crippen LogP contribution in [0.1, 0.15) is 46.1 Å². The fourth-order valence-electron chi connectivity index (χ4n) is 2.85. The molecule has 0 spiro atoms. The Labute approximate surface area is 119 Å². The predicted octanol–water partition coefficient (Wildman–Crippen LogP) is 4.50. The number of nitrogens with one attached hydrogen (secondary N) is 1. The molecule has 1 N–H and O–H groups in total. The zero-order valence-corrected chi connectivity index (χ0v) is 13.5. The van der Waals surface area contributed by atoms with Crippen LogP contribution in [0.4, 0.5) is 0 Å². The van der Waals surface area contributed by atoms with E-state index in [0.29, 0.717) is 5.41 Å². The van der Waals surface area contributed by atoms with Crippen molar-refractivity contribution in [1.82, 2.24) is 5.32 Å². The molecule has 1 fully saturated rings. The first-order valence-electron chi connectivity index (χ1n) is 6.88. The van der Waals surface area contributed by atoms with Gasteiger partial charge in [0.25, 0.3) is 0 Å². The summed E-state index contributed by atoms with van der Waals surface area (Å²) in [6, 6.07) is 8.90. The normalized spacial score (nSPS) is 27.3. The van der Waals surface area contributed by atoms with Crippen molar-refractivity contribution >= 4 is 15.9 Å². The summed E-state index contributed by atoms with van der Waals surface area (Å²) in [5, 5.41) is 3.64. The lowest BCUT2D eigenvalue weighted by atomic mass is 9.90. The topological polar surface area (TPSA) is 12.0 Å². The average molecular weight is 310 g/mol. The summed E-state index contributed by atoms with van der Waals surface area (Å²) in [6.45, 7) is 10.2. The molecule has 1 aliphatic rings. The Morgan fingerprint density at radius 3 is 2.39 bits per heavy atom. The average Bonchev–Trinajstić information content (AvgIpc) is 3.01. The molecular formula is C16H24BrN. The molecule has 0 aromatic heterocycles.